The van der Waals surface area contributed by atoms with E-state index in [9.17, 15) is 4.79 Å². The fraction of sp³-hybridized carbons (Fsp3) is 0.0909. The second-order valence-corrected chi connectivity index (χ2v) is 3.35. The van der Waals surface area contributed by atoms with Crippen LogP contribution in [0.5, 0.6) is 0 Å². The van der Waals surface area contributed by atoms with Gasteiger partial charge in [0.1, 0.15) is 0 Å². The van der Waals surface area contributed by atoms with E-state index in [1.54, 1.807) is 24.3 Å². The first kappa shape index (κ1) is 12.8. The Kier molecular flexibility index (Phi) is 4.78. The van der Waals surface area contributed by atoms with E-state index in [1.807, 2.05) is 0 Å². The highest BCUT2D eigenvalue weighted by Gasteiger charge is 2.05. The number of benzene rings is 1. The first-order valence-electron chi connectivity index (χ1n) is 4.66. The lowest BCUT2D eigenvalue weighted by Gasteiger charge is -2.10. The van der Waals surface area contributed by atoms with Crippen molar-refractivity contribution in [3.63, 3.8) is 0 Å². The topological polar surface area (TPSA) is 76.4 Å². The molecule has 1 aromatic carbocycles. The van der Waals surface area contributed by atoms with Gasteiger partial charge in [-0.25, -0.2) is 4.79 Å². The summed E-state index contributed by atoms with van der Waals surface area (Å²) in [6, 6.07) is 7.02. The van der Waals surface area contributed by atoms with Gasteiger partial charge in [0.15, 0.2) is 11.7 Å². The number of rotatable bonds is 2. The molecule has 17 heavy (non-hydrogen) atoms. The van der Waals surface area contributed by atoms with Gasteiger partial charge in [0.2, 0.25) is 0 Å². The van der Waals surface area contributed by atoms with E-state index in [0.29, 0.717) is 11.4 Å². The van der Waals surface area contributed by atoms with Crippen molar-refractivity contribution in [3.8, 4) is 12.3 Å². The monoisotopic (exact) mass is 249 g/mol. The van der Waals surface area contributed by atoms with Gasteiger partial charge in [-0.3, -0.25) is 5.32 Å². The lowest BCUT2D eigenvalue weighted by atomic mass is 10.3. The summed E-state index contributed by atoms with van der Waals surface area (Å²) in [5.74, 6) is 2.16. The summed E-state index contributed by atoms with van der Waals surface area (Å²) in [5.41, 5.74) is 6.82. The lowest BCUT2D eigenvalue weighted by Crippen LogP contribution is -2.34. The van der Waals surface area contributed by atoms with Crippen LogP contribution in [0, 0.1) is 12.3 Å². The third-order valence-electron chi connectivity index (χ3n) is 1.71. The average molecular weight is 249 g/mol. The number of alkyl carbamates (subject to hydrolysis) is 1. The summed E-state index contributed by atoms with van der Waals surface area (Å²) in [6.07, 6.45) is 4.22. The van der Waals surface area contributed by atoms with Crippen LogP contribution in [0.25, 0.3) is 0 Å². The minimum Gasteiger partial charge on any atom is -0.436 e. The van der Waals surface area contributed by atoms with Crippen molar-refractivity contribution in [2.45, 2.75) is 0 Å². The maximum atomic E-state index is 11.1. The van der Waals surface area contributed by atoms with Crippen molar-refractivity contribution in [2.75, 3.05) is 17.7 Å². The molecule has 0 saturated heterocycles. The molecule has 1 rings (SSSR count). The molecule has 0 aromatic heterocycles. The Balaban J connectivity index is 2.48. The first-order valence-corrected chi connectivity index (χ1v) is 5.07. The summed E-state index contributed by atoms with van der Waals surface area (Å²) in [5, 5.41) is 5.15. The summed E-state index contributed by atoms with van der Waals surface area (Å²) in [6.45, 7) is -0.109. The maximum Gasteiger partial charge on any atom is 0.414 e. The molecule has 0 saturated carbocycles. The van der Waals surface area contributed by atoms with Gasteiger partial charge in [-0.2, -0.15) is 0 Å². The summed E-state index contributed by atoms with van der Waals surface area (Å²) in [7, 11) is 0. The van der Waals surface area contributed by atoms with Gasteiger partial charge in [-0.1, -0.05) is 18.1 Å². The van der Waals surface area contributed by atoms with Crippen molar-refractivity contribution < 1.29 is 9.53 Å². The van der Waals surface area contributed by atoms with Crippen LogP contribution in [-0.4, -0.2) is 17.8 Å². The zero-order chi connectivity index (χ0) is 12.7. The van der Waals surface area contributed by atoms with E-state index in [4.69, 9.17) is 24.4 Å². The number of nitrogens with two attached hydrogens (primary N) is 1. The fourth-order valence-corrected chi connectivity index (χ4v) is 1.19. The van der Waals surface area contributed by atoms with Gasteiger partial charge in [-0.05, 0) is 24.4 Å². The summed E-state index contributed by atoms with van der Waals surface area (Å²) in [4.78, 5) is 11.1. The highest BCUT2D eigenvalue weighted by molar-refractivity contribution is 7.80. The number of hydrogen-bond acceptors (Lipinski definition) is 4. The van der Waals surface area contributed by atoms with Gasteiger partial charge >= 0.3 is 6.09 Å². The molecule has 5 nitrogen and oxygen atoms in total. The molecule has 0 bridgehead atoms. The Morgan fingerprint density at radius 1 is 1.53 bits per heavy atom. The van der Waals surface area contributed by atoms with Gasteiger partial charge < -0.3 is 15.8 Å². The molecule has 0 spiro atoms. The zero-order valence-electron chi connectivity index (χ0n) is 8.90. The van der Waals surface area contributed by atoms with E-state index >= 15 is 0 Å². The molecule has 0 aliphatic carbocycles. The Hall–Kier alpha value is -2.26. The largest absolute Gasteiger partial charge is 0.436 e. The molecule has 0 unspecified atom stereocenters. The highest BCUT2D eigenvalue weighted by atomic mass is 32.1. The van der Waals surface area contributed by atoms with Crippen molar-refractivity contribution in [2.24, 2.45) is 0 Å². The molecule has 88 valence electrons. The predicted molar refractivity (Wildman–Crippen MR) is 70.4 cm³/mol. The Morgan fingerprint density at radius 3 is 2.88 bits per heavy atom. The van der Waals surface area contributed by atoms with Crippen LogP contribution in [0.3, 0.4) is 0 Å². The van der Waals surface area contributed by atoms with Crippen LogP contribution in [-0.2, 0) is 4.74 Å². The van der Waals surface area contributed by atoms with E-state index < -0.39 is 6.09 Å². The molecule has 1 amide bonds. The number of ether oxygens (including phenoxy) is 1. The van der Waals surface area contributed by atoms with Crippen molar-refractivity contribution >= 4 is 34.8 Å². The molecular weight excluding hydrogens is 238 g/mol. The molecule has 4 N–H and O–H groups in total. The SMILES string of the molecule is C#CCOC(=O)NC(=S)Nc1ccccc1N. The predicted octanol–water partition coefficient (Wildman–Crippen LogP) is 1.32. The number of nitrogens with one attached hydrogen (secondary N) is 2. The number of nitrogen functional groups attached to an aromatic ring is 1. The van der Waals surface area contributed by atoms with Crippen molar-refractivity contribution in [3.05, 3.63) is 24.3 Å². The van der Waals surface area contributed by atoms with Crippen LogP contribution < -0.4 is 16.4 Å². The van der Waals surface area contributed by atoms with E-state index in [0.717, 1.165) is 0 Å². The molecule has 0 aliphatic rings. The van der Waals surface area contributed by atoms with Crippen LogP contribution in [0.4, 0.5) is 16.2 Å². The molecule has 0 fully saturated rings. The van der Waals surface area contributed by atoms with Crippen LogP contribution in [0.2, 0.25) is 0 Å². The number of hydrogen-bond donors (Lipinski definition) is 3. The Morgan fingerprint density at radius 2 is 2.24 bits per heavy atom. The van der Waals surface area contributed by atoms with Gasteiger partial charge in [-0.15, -0.1) is 6.42 Å². The number of anilines is 2. The molecular formula is C11H11N3O2S. The molecule has 0 atom stereocenters. The number of terminal acetylenes is 1. The van der Waals surface area contributed by atoms with Gasteiger partial charge in [0, 0.05) is 0 Å². The summed E-state index contributed by atoms with van der Waals surface area (Å²) < 4.78 is 4.58. The van der Waals surface area contributed by atoms with Crippen LogP contribution in [0.15, 0.2) is 24.3 Å². The van der Waals surface area contributed by atoms with Gasteiger partial charge in [0.05, 0.1) is 11.4 Å². The number of para-hydroxylation sites is 2. The molecule has 0 heterocycles. The first-order chi connectivity index (χ1) is 8.13. The summed E-state index contributed by atoms with van der Waals surface area (Å²) >= 11 is 4.89. The van der Waals surface area contributed by atoms with E-state index in [1.165, 1.54) is 0 Å². The third kappa shape index (κ3) is 4.40. The normalized spacial score (nSPS) is 8.88. The standard InChI is InChI=1S/C11H11N3O2S/c1-2-7-16-11(15)14-10(17)13-9-6-4-3-5-8(9)12/h1,3-6H,7,12H2,(H2,13,14,15,17). The van der Waals surface area contributed by atoms with Crippen molar-refractivity contribution in [1.82, 2.24) is 5.32 Å². The Labute approximate surface area is 104 Å². The number of amides is 1. The molecule has 0 radical (unpaired) electrons. The fourth-order valence-electron chi connectivity index (χ4n) is 1.00. The van der Waals surface area contributed by atoms with Crippen LogP contribution in [0.1, 0.15) is 0 Å². The lowest BCUT2D eigenvalue weighted by molar-refractivity contribution is 0.166. The minimum atomic E-state index is -0.713. The average Bonchev–Trinajstić information content (AvgIpc) is 2.29. The van der Waals surface area contributed by atoms with Crippen LogP contribution >= 0.6 is 12.2 Å². The maximum absolute atomic E-state index is 11.1. The quantitative estimate of drug-likeness (QED) is 0.419. The zero-order valence-corrected chi connectivity index (χ0v) is 9.71. The highest BCUT2D eigenvalue weighted by Crippen LogP contribution is 2.16. The minimum absolute atomic E-state index is 0.0879. The number of thiocarbonyl (C=S) groups is 1. The van der Waals surface area contributed by atoms with E-state index in [2.05, 4.69) is 21.3 Å². The number of carbonyl (C=O) groups excluding carboxylic acids is 1. The third-order valence-corrected chi connectivity index (χ3v) is 1.92. The molecule has 1 aromatic rings. The second kappa shape index (κ2) is 6.35. The van der Waals surface area contributed by atoms with Crippen molar-refractivity contribution in [1.29, 1.82) is 0 Å². The number of carbonyl (C=O) groups is 1. The Bertz CT molecular complexity index is 468. The molecule has 0 aliphatic heterocycles. The second-order valence-electron chi connectivity index (χ2n) is 2.95. The van der Waals surface area contributed by atoms with E-state index in [-0.39, 0.29) is 11.7 Å². The molecule has 6 heteroatoms. The van der Waals surface area contributed by atoms with Gasteiger partial charge in [0.25, 0.3) is 0 Å². The smallest absolute Gasteiger partial charge is 0.414 e.